The van der Waals surface area contributed by atoms with E-state index in [4.69, 9.17) is 4.74 Å². The van der Waals surface area contributed by atoms with Crippen LogP contribution in [0.25, 0.3) is 0 Å². The molecule has 0 spiro atoms. The predicted octanol–water partition coefficient (Wildman–Crippen LogP) is 1.79. The van der Waals surface area contributed by atoms with Crippen molar-refractivity contribution in [3.63, 3.8) is 0 Å². The number of aromatic nitrogens is 3. The van der Waals surface area contributed by atoms with Crippen LogP contribution in [0.2, 0.25) is 0 Å². The monoisotopic (exact) mass is 291 g/mol. The van der Waals surface area contributed by atoms with Crippen molar-refractivity contribution in [2.24, 2.45) is 0 Å². The summed E-state index contributed by atoms with van der Waals surface area (Å²) in [6.45, 7) is 4.70. The first-order valence-electron chi connectivity index (χ1n) is 6.29. The number of benzene rings is 1. The molecule has 0 saturated heterocycles. The molecular formula is C14H17N3O2S. The smallest absolute Gasteiger partial charge is 0.130 e. The Kier molecular flexibility index (Phi) is 5.64. The molecule has 0 radical (unpaired) electrons. The second-order valence-electron chi connectivity index (χ2n) is 4.20. The Bertz CT molecular complexity index is 514. The van der Waals surface area contributed by atoms with Crippen molar-refractivity contribution >= 4 is 11.2 Å². The van der Waals surface area contributed by atoms with Gasteiger partial charge in [0.05, 0.1) is 12.7 Å². The zero-order valence-corrected chi connectivity index (χ0v) is 12.0. The minimum absolute atomic E-state index is 0.489. The second-order valence-corrected chi connectivity index (χ2v) is 5.77. The van der Waals surface area contributed by atoms with E-state index in [1.807, 2.05) is 24.3 Å². The van der Waals surface area contributed by atoms with E-state index in [1.165, 1.54) is 0 Å². The summed E-state index contributed by atoms with van der Waals surface area (Å²) in [6.07, 6.45) is 5.08. The van der Waals surface area contributed by atoms with Crippen molar-refractivity contribution in [1.29, 1.82) is 0 Å². The highest BCUT2D eigenvalue weighted by Crippen LogP contribution is 2.14. The van der Waals surface area contributed by atoms with Crippen LogP contribution in [-0.4, -0.2) is 31.9 Å². The molecule has 0 amide bonds. The third-order valence-electron chi connectivity index (χ3n) is 2.64. The van der Waals surface area contributed by atoms with Gasteiger partial charge < -0.3 is 9.29 Å². The van der Waals surface area contributed by atoms with E-state index in [0.717, 1.165) is 11.3 Å². The molecule has 0 aliphatic carbocycles. The maximum absolute atomic E-state index is 12.0. The summed E-state index contributed by atoms with van der Waals surface area (Å²) in [7, 11) is 0. The highest BCUT2D eigenvalue weighted by Gasteiger charge is 2.08. The van der Waals surface area contributed by atoms with Gasteiger partial charge in [-0.1, -0.05) is 30.0 Å². The lowest BCUT2D eigenvalue weighted by atomic mass is 10.2. The van der Waals surface area contributed by atoms with Crippen LogP contribution in [0.1, 0.15) is 5.56 Å². The number of nitrogens with zero attached hydrogens (tertiary/aromatic N) is 3. The van der Waals surface area contributed by atoms with Gasteiger partial charge in [0.1, 0.15) is 23.9 Å². The Morgan fingerprint density at radius 2 is 2.15 bits per heavy atom. The predicted molar refractivity (Wildman–Crippen MR) is 78.9 cm³/mol. The fourth-order valence-corrected chi connectivity index (χ4v) is 2.74. The van der Waals surface area contributed by atoms with E-state index < -0.39 is 11.2 Å². The third kappa shape index (κ3) is 4.71. The largest absolute Gasteiger partial charge is 0.616 e. The number of aryl methyl sites for hydroxylation is 1. The topological polar surface area (TPSA) is 63.0 Å². The first-order chi connectivity index (χ1) is 9.78. The van der Waals surface area contributed by atoms with Gasteiger partial charge in [0.25, 0.3) is 0 Å². The molecule has 0 bridgehead atoms. The van der Waals surface area contributed by atoms with Gasteiger partial charge in [-0.2, -0.15) is 0 Å². The van der Waals surface area contributed by atoms with Gasteiger partial charge >= 0.3 is 0 Å². The Morgan fingerprint density at radius 3 is 2.80 bits per heavy atom. The Hall–Kier alpha value is -1.79. The summed E-state index contributed by atoms with van der Waals surface area (Å²) in [5.41, 5.74) is 1.04. The van der Waals surface area contributed by atoms with Crippen LogP contribution in [0.15, 0.2) is 49.3 Å². The fraction of sp³-hybridized carbons (Fsp3) is 0.286. The average Bonchev–Trinajstić information content (AvgIpc) is 2.98. The van der Waals surface area contributed by atoms with E-state index in [1.54, 1.807) is 23.2 Å². The minimum Gasteiger partial charge on any atom is -0.616 e. The third-order valence-corrected chi connectivity index (χ3v) is 3.93. The van der Waals surface area contributed by atoms with E-state index in [2.05, 4.69) is 16.9 Å². The first kappa shape index (κ1) is 14.6. The molecule has 0 N–H and O–H groups in total. The van der Waals surface area contributed by atoms with Crippen molar-refractivity contribution in [3.8, 4) is 5.75 Å². The molecule has 5 nitrogen and oxygen atoms in total. The van der Waals surface area contributed by atoms with Gasteiger partial charge in [0, 0.05) is 11.8 Å². The molecule has 106 valence electrons. The Balaban J connectivity index is 1.78. The molecule has 6 heteroatoms. The standard InChI is InChI=1S/C14H17N3O2S/c1-2-10-19-14-5-3-13(4-6-14)12-20(18)11-9-17-8-7-15-16-17/h2-8H,1,9-12H2. The van der Waals surface area contributed by atoms with Gasteiger partial charge in [-0.25, -0.2) is 4.68 Å². The number of ether oxygens (including phenoxy) is 1. The molecule has 1 aromatic heterocycles. The molecule has 0 fully saturated rings. The molecule has 2 rings (SSSR count). The second kappa shape index (κ2) is 7.72. The lowest BCUT2D eigenvalue weighted by Gasteiger charge is -2.11. The molecule has 0 saturated carbocycles. The molecule has 2 aromatic rings. The van der Waals surface area contributed by atoms with Crippen molar-refractivity contribution in [1.82, 2.24) is 15.0 Å². The Morgan fingerprint density at radius 1 is 1.35 bits per heavy atom. The van der Waals surface area contributed by atoms with E-state index in [9.17, 15) is 4.55 Å². The van der Waals surface area contributed by atoms with Crippen molar-refractivity contribution in [2.45, 2.75) is 12.3 Å². The van der Waals surface area contributed by atoms with Crippen molar-refractivity contribution in [3.05, 3.63) is 54.9 Å². The van der Waals surface area contributed by atoms with Crippen molar-refractivity contribution in [2.75, 3.05) is 12.4 Å². The van der Waals surface area contributed by atoms with Crippen molar-refractivity contribution < 1.29 is 9.29 Å². The van der Waals surface area contributed by atoms with Gasteiger partial charge in [-0.3, -0.25) is 0 Å². The zero-order chi connectivity index (χ0) is 14.2. The summed E-state index contributed by atoms with van der Waals surface area (Å²) in [6, 6.07) is 7.64. The molecule has 0 aliphatic heterocycles. The highest BCUT2D eigenvalue weighted by molar-refractivity contribution is 7.90. The SMILES string of the molecule is C=CCOc1ccc(C[S+]([O-])CCn2ccnn2)cc1. The van der Waals surface area contributed by atoms with Crippen LogP contribution >= 0.6 is 0 Å². The molecule has 1 atom stereocenters. The van der Waals surface area contributed by atoms with Crippen LogP contribution in [0, 0.1) is 0 Å². The maximum atomic E-state index is 12.0. The zero-order valence-electron chi connectivity index (χ0n) is 11.1. The first-order valence-corrected chi connectivity index (χ1v) is 7.78. The summed E-state index contributed by atoms with van der Waals surface area (Å²) in [5.74, 6) is 1.90. The van der Waals surface area contributed by atoms with Crippen LogP contribution in [0.3, 0.4) is 0 Å². The van der Waals surface area contributed by atoms with Gasteiger partial charge in [0.2, 0.25) is 0 Å². The number of hydrogen-bond acceptors (Lipinski definition) is 4. The quantitative estimate of drug-likeness (QED) is 0.549. The molecule has 1 heterocycles. The summed E-state index contributed by atoms with van der Waals surface area (Å²) >= 11 is -0.913. The number of hydrogen-bond donors (Lipinski definition) is 0. The molecule has 0 aliphatic rings. The molecule has 1 unspecified atom stereocenters. The van der Waals surface area contributed by atoms with E-state index >= 15 is 0 Å². The lowest BCUT2D eigenvalue weighted by molar-refractivity contribution is 0.363. The normalized spacial score (nSPS) is 12.1. The van der Waals surface area contributed by atoms with Gasteiger partial charge in [-0.05, 0) is 23.3 Å². The minimum atomic E-state index is -0.913. The molecule has 20 heavy (non-hydrogen) atoms. The lowest BCUT2D eigenvalue weighted by Crippen LogP contribution is -2.15. The summed E-state index contributed by atoms with van der Waals surface area (Å²) in [4.78, 5) is 0. The highest BCUT2D eigenvalue weighted by atomic mass is 32.2. The number of rotatable bonds is 8. The summed E-state index contributed by atoms with van der Waals surface area (Å²) < 4.78 is 19.1. The van der Waals surface area contributed by atoms with Gasteiger partial charge in [-0.15, -0.1) is 5.10 Å². The maximum Gasteiger partial charge on any atom is 0.130 e. The summed E-state index contributed by atoms with van der Waals surface area (Å²) in [5, 5.41) is 7.55. The fourth-order valence-electron chi connectivity index (χ4n) is 1.64. The van der Waals surface area contributed by atoms with E-state index in [0.29, 0.717) is 24.7 Å². The Labute approximate surface area is 121 Å². The van der Waals surface area contributed by atoms with E-state index in [-0.39, 0.29) is 0 Å². The van der Waals surface area contributed by atoms with Crippen LogP contribution in [0.4, 0.5) is 0 Å². The van der Waals surface area contributed by atoms with Gasteiger partial charge in [0.15, 0.2) is 0 Å². The van der Waals surface area contributed by atoms with Crippen LogP contribution < -0.4 is 4.74 Å². The van der Waals surface area contributed by atoms with Crippen LogP contribution in [-0.2, 0) is 23.5 Å². The average molecular weight is 291 g/mol. The molecule has 1 aromatic carbocycles. The van der Waals surface area contributed by atoms with Crippen LogP contribution in [0.5, 0.6) is 5.75 Å². The molecular weight excluding hydrogens is 274 g/mol.